The quantitative estimate of drug-likeness (QED) is 0.117. The van der Waals surface area contributed by atoms with E-state index >= 15 is 0 Å². The van der Waals surface area contributed by atoms with E-state index in [1.54, 1.807) is 0 Å². The molecule has 0 radical (unpaired) electrons. The maximum absolute atomic E-state index is 8.62. The lowest BCUT2D eigenvalue weighted by Gasteiger charge is -2.20. The third-order valence-electron chi connectivity index (χ3n) is 5.96. The first-order valence-electron chi connectivity index (χ1n) is 14.8. The molecule has 0 saturated heterocycles. The number of ether oxygens (including phenoxy) is 6. The van der Waals surface area contributed by atoms with Crippen molar-refractivity contribution >= 4 is 0 Å². The van der Waals surface area contributed by atoms with Gasteiger partial charge in [0.05, 0.1) is 77.8 Å². The van der Waals surface area contributed by atoms with Crippen molar-refractivity contribution in [1.29, 1.82) is 0 Å². The summed E-state index contributed by atoms with van der Waals surface area (Å²) in [5, 5.41) is 8.62. The summed E-state index contributed by atoms with van der Waals surface area (Å²) in [6, 6.07) is 0. The van der Waals surface area contributed by atoms with E-state index in [1.165, 1.54) is 70.6 Å². The molecule has 0 aromatic heterocycles. The maximum atomic E-state index is 8.62. The van der Waals surface area contributed by atoms with Crippen LogP contribution in [0.5, 0.6) is 0 Å². The molecule has 218 valence electrons. The van der Waals surface area contributed by atoms with Crippen molar-refractivity contribution < 1.29 is 33.5 Å². The molecule has 0 rings (SSSR count). The van der Waals surface area contributed by atoms with Crippen molar-refractivity contribution in [3.63, 3.8) is 0 Å². The van der Waals surface area contributed by atoms with E-state index in [4.69, 9.17) is 33.5 Å². The van der Waals surface area contributed by atoms with Crippen LogP contribution in [0.25, 0.3) is 0 Å². The van der Waals surface area contributed by atoms with Gasteiger partial charge in [-0.1, -0.05) is 77.6 Å². The highest BCUT2D eigenvalue weighted by molar-refractivity contribution is 4.56. The van der Waals surface area contributed by atoms with Crippen LogP contribution >= 0.6 is 0 Å². The minimum atomic E-state index is -0.00186. The van der Waals surface area contributed by atoms with Gasteiger partial charge in [0.15, 0.2) is 0 Å². The van der Waals surface area contributed by atoms with Crippen LogP contribution in [0.4, 0.5) is 0 Å². The van der Waals surface area contributed by atoms with Crippen molar-refractivity contribution in [2.24, 2.45) is 0 Å². The average Bonchev–Trinajstić information content (AvgIpc) is 2.88. The molecule has 7 nitrogen and oxygen atoms in total. The van der Waals surface area contributed by atoms with Crippen molar-refractivity contribution in [1.82, 2.24) is 0 Å². The lowest BCUT2D eigenvalue weighted by molar-refractivity contribution is -0.0852. The van der Waals surface area contributed by atoms with Gasteiger partial charge >= 0.3 is 0 Å². The second-order valence-corrected chi connectivity index (χ2v) is 9.88. The normalized spacial score (nSPS) is 14.2. The fraction of sp³-hybridized carbons (Fsp3) is 1.00. The summed E-state index contributed by atoms with van der Waals surface area (Å²) < 4.78 is 33.7. The van der Waals surface area contributed by atoms with Gasteiger partial charge in [-0.25, -0.2) is 0 Å². The van der Waals surface area contributed by atoms with E-state index in [0.717, 1.165) is 13.0 Å². The molecule has 1 N–H and O–H groups in total. The highest BCUT2D eigenvalue weighted by atomic mass is 16.6. The molecule has 0 amide bonds. The number of aliphatic hydroxyl groups is 1. The molecule has 0 bridgehead atoms. The average molecular weight is 521 g/mol. The molecule has 7 heteroatoms. The molecule has 0 saturated carbocycles. The Hall–Kier alpha value is -0.280. The van der Waals surface area contributed by atoms with E-state index < -0.39 is 0 Å². The minimum Gasteiger partial charge on any atom is -0.394 e. The molecule has 0 aliphatic heterocycles. The lowest BCUT2D eigenvalue weighted by atomic mass is 10.1. The van der Waals surface area contributed by atoms with Gasteiger partial charge in [-0.15, -0.1) is 0 Å². The molecule has 36 heavy (non-hydrogen) atoms. The standard InChI is InChI=1S/C29H60O7/c1-5-6-7-8-9-10-11-12-13-14-15-16-18-33-24-27(2)35-26-29(4)36-25-28(3)34-23-22-32-21-20-31-19-17-30/h27-30H,5-26H2,1-4H3. The van der Waals surface area contributed by atoms with Crippen LogP contribution in [0.3, 0.4) is 0 Å². The van der Waals surface area contributed by atoms with Gasteiger partial charge in [-0.3, -0.25) is 0 Å². The van der Waals surface area contributed by atoms with Gasteiger partial charge in [0, 0.05) is 6.61 Å². The Morgan fingerprint density at radius 3 is 1.44 bits per heavy atom. The summed E-state index contributed by atoms with van der Waals surface area (Å²) in [5.74, 6) is 0. The zero-order valence-electron chi connectivity index (χ0n) is 24.2. The molecular formula is C29H60O7. The Labute approximate surface area is 222 Å². The second kappa shape index (κ2) is 29.3. The molecule has 3 unspecified atom stereocenters. The molecule has 3 atom stereocenters. The van der Waals surface area contributed by atoms with E-state index in [0.29, 0.717) is 52.9 Å². The summed E-state index contributed by atoms with van der Waals surface area (Å²) in [6.45, 7) is 13.3. The molecule has 0 aliphatic rings. The van der Waals surface area contributed by atoms with Gasteiger partial charge in [0.1, 0.15) is 0 Å². The summed E-state index contributed by atoms with van der Waals surface area (Å²) in [4.78, 5) is 0. The van der Waals surface area contributed by atoms with Crippen molar-refractivity contribution in [2.75, 3.05) is 66.1 Å². The molecule has 0 spiro atoms. The largest absolute Gasteiger partial charge is 0.394 e. The number of unbranched alkanes of at least 4 members (excludes halogenated alkanes) is 11. The number of hydrogen-bond donors (Lipinski definition) is 1. The topological polar surface area (TPSA) is 75.6 Å². The van der Waals surface area contributed by atoms with Crippen molar-refractivity contribution in [2.45, 2.75) is 123 Å². The summed E-state index contributed by atoms with van der Waals surface area (Å²) in [7, 11) is 0. The zero-order valence-corrected chi connectivity index (χ0v) is 24.2. The molecule has 0 aliphatic carbocycles. The van der Waals surface area contributed by atoms with Crippen LogP contribution in [-0.2, 0) is 28.4 Å². The lowest BCUT2D eigenvalue weighted by Crippen LogP contribution is -2.27. The van der Waals surface area contributed by atoms with E-state index in [-0.39, 0.29) is 24.9 Å². The number of hydrogen-bond acceptors (Lipinski definition) is 7. The fourth-order valence-electron chi connectivity index (χ4n) is 3.73. The van der Waals surface area contributed by atoms with Gasteiger partial charge in [0.25, 0.3) is 0 Å². The third-order valence-corrected chi connectivity index (χ3v) is 5.96. The third kappa shape index (κ3) is 28.3. The van der Waals surface area contributed by atoms with Crippen LogP contribution in [-0.4, -0.2) is 89.5 Å². The predicted molar refractivity (Wildman–Crippen MR) is 147 cm³/mol. The SMILES string of the molecule is CCCCCCCCCCCCCCOCC(C)OCC(C)OCC(C)OCCOCCOCCO. The first-order valence-corrected chi connectivity index (χ1v) is 14.8. The number of rotatable bonds is 30. The minimum absolute atomic E-state index is 0.00186. The Balaban J connectivity index is 3.38. The summed E-state index contributed by atoms with van der Waals surface area (Å²) >= 11 is 0. The molecular weight excluding hydrogens is 460 g/mol. The van der Waals surface area contributed by atoms with Crippen LogP contribution in [0.15, 0.2) is 0 Å². The summed E-state index contributed by atoms with van der Waals surface area (Å²) in [5.41, 5.74) is 0. The van der Waals surface area contributed by atoms with Crippen molar-refractivity contribution in [3.8, 4) is 0 Å². The predicted octanol–water partition coefficient (Wildman–Crippen LogP) is 5.94. The van der Waals surface area contributed by atoms with E-state index in [9.17, 15) is 0 Å². The van der Waals surface area contributed by atoms with Crippen molar-refractivity contribution in [3.05, 3.63) is 0 Å². The Morgan fingerprint density at radius 1 is 0.444 bits per heavy atom. The van der Waals surface area contributed by atoms with Gasteiger partial charge in [-0.2, -0.15) is 0 Å². The van der Waals surface area contributed by atoms with Gasteiger partial charge in [-0.05, 0) is 27.2 Å². The van der Waals surface area contributed by atoms with Crippen LogP contribution in [0, 0.1) is 0 Å². The van der Waals surface area contributed by atoms with Gasteiger partial charge in [0.2, 0.25) is 0 Å². The molecule has 0 aromatic rings. The van der Waals surface area contributed by atoms with E-state index in [1.807, 2.05) is 13.8 Å². The van der Waals surface area contributed by atoms with Crippen LogP contribution < -0.4 is 0 Å². The second-order valence-electron chi connectivity index (χ2n) is 9.88. The molecule has 0 aromatic carbocycles. The van der Waals surface area contributed by atoms with E-state index in [2.05, 4.69) is 13.8 Å². The first-order chi connectivity index (χ1) is 17.6. The summed E-state index contributed by atoms with van der Waals surface area (Å²) in [6.07, 6.45) is 16.4. The first kappa shape index (κ1) is 35.7. The van der Waals surface area contributed by atoms with Crippen LogP contribution in [0.2, 0.25) is 0 Å². The molecule has 0 fully saturated rings. The molecule has 0 heterocycles. The Kier molecular flexibility index (Phi) is 29.1. The number of aliphatic hydroxyl groups excluding tert-OH is 1. The highest BCUT2D eigenvalue weighted by Crippen LogP contribution is 2.12. The monoisotopic (exact) mass is 520 g/mol. The Bertz CT molecular complexity index is 411. The fourth-order valence-corrected chi connectivity index (χ4v) is 3.73. The zero-order chi connectivity index (χ0) is 26.5. The maximum Gasteiger partial charge on any atom is 0.0781 e. The Morgan fingerprint density at radius 2 is 0.889 bits per heavy atom. The van der Waals surface area contributed by atoms with Gasteiger partial charge < -0.3 is 33.5 Å². The smallest absolute Gasteiger partial charge is 0.0781 e. The highest BCUT2D eigenvalue weighted by Gasteiger charge is 2.10. The van der Waals surface area contributed by atoms with Crippen LogP contribution in [0.1, 0.15) is 105 Å².